The Morgan fingerprint density at radius 3 is 1.00 bits per heavy atom. The topological polar surface area (TPSA) is 112 Å². The molecule has 0 radical (unpaired) electrons. The molecule has 2 N–H and O–H groups in total. The second-order valence-corrected chi connectivity index (χ2v) is 2.14. The van der Waals surface area contributed by atoms with E-state index in [-0.39, 0.29) is 42.5 Å². The molecule has 0 saturated carbocycles. The minimum absolute atomic E-state index is 0. The van der Waals surface area contributed by atoms with Gasteiger partial charge >= 0.3 is 0 Å². The van der Waals surface area contributed by atoms with Crippen LogP contribution in [-0.4, -0.2) is 17.4 Å². The smallest absolute Gasteiger partial charge is 0.0666 e. The Balaban J connectivity index is -0.0000000625. The number of hydrogen-bond acceptors (Lipinski definition) is 4. The molecule has 0 atom stereocenters. The number of hydrogen-bond donors (Lipinski definition) is 0. The summed E-state index contributed by atoms with van der Waals surface area (Å²) in [6.07, 6.45) is 0. The summed E-state index contributed by atoms with van der Waals surface area (Å²) in [5.74, 6) is -2.37. The van der Waals surface area contributed by atoms with E-state index in [4.69, 9.17) is 0 Å². The van der Waals surface area contributed by atoms with Gasteiger partial charge in [0, 0.05) is 25.8 Å². The predicted octanol–water partition coefficient (Wildman–Crippen LogP) is -2.20. The van der Waals surface area contributed by atoms with Crippen molar-refractivity contribution >= 4 is 11.9 Å². The molecule has 0 heterocycles. The zero-order chi connectivity index (χ0) is 10.3. The SMILES string of the molecule is C=C(C)C(=O)[O-].C=C(C)C(=O)[O-].O.[Hf]. The molecule has 0 bridgehead atoms. The molecule has 0 fully saturated rings. The molecule has 5 nitrogen and oxygen atoms in total. The van der Waals surface area contributed by atoms with E-state index in [0.717, 1.165) is 0 Å². The Hall–Kier alpha value is -0.750. The Bertz CT molecular complexity index is 174. The third-order valence-corrected chi connectivity index (χ3v) is 0.697. The Kier molecular flexibility index (Phi) is 20.3. The summed E-state index contributed by atoms with van der Waals surface area (Å²) in [5, 5.41) is 19.0. The molecule has 0 spiro atoms. The van der Waals surface area contributed by atoms with E-state index in [1.54, 1.807) is 0 Å². The maximum atomic E-state index is 9.49. The minimum Gasteiger partial charge on any atom is -0.545 e. The molecule has 0 aromatic rings. The average molecular weight is 367 g/mol. The van der Waals surface area contributed by atoms with E-state index in [1.165, 1.54) is 13.8 Å². The molecule has 80 valence electrons. The van der Waals surface area contributed by atoms with Crippen molar-refractivity contribution in [3.05, 3.63) is 24.3 Å². The molecule has 0 amide bonds. The maximum absolute atomic E-state index is 9.49. The van der Waals surface area contributed by atoms with Gasteiger partial charge in [-0.15, -0.1) is 0 Å². The number of rotatable bonds is 2. The molecular formula is C8H12HfO5-2. The van der Waals surface area contributed by atoms with Crippen LogP contribution in [0, 0.1) is 0 Å². The fourth-order valence-electron chi connectivity index (χ4n) is 0. The quantitative estimate of drug-likeness (QED) is 0.407. The van der Waals surface area contributed by atoms with Crippen LogP contribution in [0.5, 0.6) is 0 Å². The molecule has 0 rings (SSSR count). The first kappa shape index (κ1) is 23.2. The van der Waals surface area contributed by atoms with Crippen molar-refractivity contribution < 1.29 is 51.1 Å². The van der Waals surface area contributed by atoms with E-state index in [2.05, 4.69) is 13.2 Å². The van der Waals surface area contributed by atoms with Gasteiger partial charge in [-0.25, -0.2) is 0 Å². The molecule has 14 heavy (non-hydrogen) atoms. The van der Waals surface area contributed by atoms with Gasteiger partial charge in [-0.05, 0) is 25.0 Å². The van der Waals surface area contributed by atoms with Gasteiger partial charge in [0.15, 0.2) is 0 Å². The number of carboxylic acids is 2. The number of carboxylic acid groups (broad SMARTS) is 2. The van der Waals surface area contributed by atoms with Crippen LogP contribution in [0.15, 0.2) is 24.3 Å². The van der Waals surface area contributed by atoms with Crippen molar-refractivity contribution in [3.8, 4) is 0 Å². The fraction of sp³-hybridized carbons (Fsp3) is 0.250. The maximum Gasteiger partial charge on any atom is 0.0666 e. The zero-order valence-electron chi connectivity index (χ0n) is 8.05. The zero-order valence-corrected chi connectivity index (χ0v) is 11.6. The normalized spacial score (nSPS) is 6.43. The molecule has 0 aromatic carbocycles. The van der Waals surface area contributed by atoms with Gasteiger partial charge in [-0.1, -0.05) is 13.2 Å². The number of aliphatic carboxylic acids is 2. The van der Waals surface area contributed by atoms with Gasteiger partial charge in [-0.3, -0.25) is 0 Å². The Labute approximate surface area is 101 Å². The first-order valence-electron chi connectivity index (χ1n) is 3.02. The van der Waals surface area contributed by atoms with Gasteiger partial charge in [0.1, 0.15) is 0 Å². The first-order chi connectivity index (χ1) is 5.29. The monoisotopic (exact) mass is 368 g/mol. The van der Waals surface area contributed by atoms with Crippen LogP contribution in [0.1, 0.15) is 13.8 Å². The second kappa shape index (κ2) is 12.3. The number of carbonyl (C=O) groups is 2. The summed E-state index contributed by atoms with van der Waals surface area (Å²) < 4.78 is 0. The van der Waals surface area contributed by atoms with Crippen LogP contribution < -0.4 is 10.2 Å². The van der Waals surface area contributed by atoms with E-state index < -0.39 is 11.9 Å². The molecular weight excluding hydrogens is 355 g/mol. The summed E-state index contributed by atoms with van der Waals surface area (Å²) in [6.45, 7) is 8.95. The van der Waals surface area contributed by atoms with Gasteiger partial charge in [0.05, 0.1) is 11.9 Å². The first-order valence-corrected chi connectivity index (χ1v) is 3.02. The average Bonchev–Trinajstić information content (AvgIpc) is 1.88. The van der Waals surface area contributed by atoms with Crippen LogP contribution in [-0.2, 0) is 35.4 Å². The number of carbonyl (C=O) groups excluding carboxylic acids is 2. The summed E-state index contributed by atoms with van der Waals surface area (Å²) >= 11 is 0. The van der Waals surface area contributed by atoms with Crippen LogP contribution >= 0.6 is 0 Å². The van der Waals surface area contributed by atoms with Crippen molar-refractivity contribution in [2.24, 2.45) is 0 Å². The van der Waals surface area contributed by atoms with Crippen molar-refractivity contribution in [2.45, 2.75) is 13.8 Å². The molecule has 0 unspecified atom stereocenters. The Morgan fingerprint density at radius 2 is 1.00 bits per heavy atom. The van der Waals surface area contributed by atoms with Crippen molar-refractivity contribution in [3.63, 3.8) is 0 Å². The molecule has 0 aliphatic rings. The van der Waals surface area contributed by atoms with Gasteiger partial charge < -0.3 is 25.3 Å². The standard InChI is InChI=1S/2C4H6O2.Hf.H2O/c2*1-3(2)4(5)6;;/h2*1H2,2H3,(H,5,6);;1H2/p-2. The van der Waals surface area contributed by atoms with Gasteiger partial charge in [0.25, 0.3) is 0 Å². The summed E-state index contributed by atoms with van der Waals surface area (Å²) in [6, 6.07) is 0. The molecule has 6 heteroatoms. The van der Waals surface area contributed by atoms with Gasteiger partial charge in [-0.2, -0.15) is 0 Å². The van der Waals surface area contributed by atoms with E-state index in [0.29, 0.717) is 0 Å². The van der Waals surface area contributed by atoms with E-state index >= 15 is 0 Å². The van der Waals surface area contributed by atoms with Gasteiger partial charge in [0.2, 0.25) is 0 Å². The van der Waals surface area contributed by atoms with Crippen LogP contribution in [0.4, 0.5) is 0 Å². The molecule has 0 aliphatic heterocycles. The fourth-order valence-corrected chi connectivity index (χ4v) is 0. The largest absolute Gasteiger partial charge is 0.545 e. The minimum atomic E-state index is -1.19. The molecule has 0 aliphatic carbocycles. The Morgan fingerprint density at radius 1 is 0.929 bits per heavy atom. The van der Waals surface area contributed by atoms with Crippen LogP contribution in [0.25, 0.3) is 0 Å². The van der Waals surface area contributed by atoms with Crippen LogP contribution in [0.3, 0.4) is 0 Å². The summed E-state index contributed by atoms with van der Waals surface area (Å²) in [7, 11) is 0. The van der Waals surface area contributed by atoms with E-state index in [1.807, 2.05) is 0 Å². The van der Waals surface area contributed by atoms with Crippen molar-refractivity contribution in [1.29, 1.82) is 0 Å². The summed E-state index contributed by atoms with van der Waals surface area (Å²) in [4.78, 5) is 19.0. The summed E-state index contributed by atoms with van der Waals surface area (Å²) in [5.41, 5.74) is 0.130. The van der Waals surface area contributed by atoms with Crippen LogP contribution in [0.2, 0.25) is 0 Å². The molecule has 0 saturated heterocycles. The molecule has 0 aromatic heterocycles. The third kappa shape index (κ3) is 22.5. The third-order valence-electron chi connectivity index (χ3n) is 0.697. The predicted molar refractivity (Wildman–Crippen MR) is 43.3 cm³/mol. The van der Waals surface area contributed by atoms with Crippen molar-refractivity contribution in [1.82, 2.24) is 0 Å². The van der Waals surface area contributed by atoms with Crippen molar-refractivity contribution in [2.75, 3.05) is 0 Å². The van der Waals surface area contributed by atoms with E-state index in [9.17, 15) is 19.8 Å². The second-order valence-electron chi connectivity index (χ2n) is 2.14.